The second kappa shape index (κ2) is 3.96. The average molecular weight is 232 g/mol. The van der Waals surface area contributed by atoms with Crippen LogP contribution in [0.2, 0.25) is 0 Å². The van der Waals surface area contributed by atoms with E-state index in [2.05, 4.69) is 27.3 Å². The SMILES string of the molecule is CC1CCC(n2ncc3c(N)ncnc32)CN1. The van der Waals surface area contributed by atoms with Crippen molar-refractivity contribution in [2.24, 2.45) is 0 Å². The van der Waals surface area contributed by atoms with Crippen LogP contribution in [0.5, 0.6) is 0 Å². The first-order valence-electron chi connectivity index (χ1n) is 5.93. The molecule has 0 aliphatic carbocycles. The summed E-state index contributed by atoms with van der Waals surface area (Å²) < 4.78 is 1.96. The van der Waals surface area contributed by atoms with E-state index in [1.54, 1.807) is 6.20 Å². The van der Waals surface area contributed by atoms with Crippen molar-refractivity contribution in [2.45, 2.75) is 31.8 Å². The molecule has 1 aliphatic rings. The van der Waals surface area contributed by atoms with E-state index >= 15 is 0 Å². The van der Waals surface area contributed by atoms with Crippen LogP contribution in [-0.4, -0.2) is 32.3 Å². The fourth-order valence-electron chi connectivity index (χ4n) is 2.34. The first-order valence-corrected chi connectivity index (χ1v) is 5.93. The van der Waals surface area contributed by atoms with Crippen LogP contribution >= 0.6 is 0 Å². The molecule has 2 unspecified atom stereocenters. The monoisotopic (exact) mass is 232 g/mol. The summed E-state index contributed by atoms with van der Waals surface area (Å²) in [5.41, 5.74) is 6.63. The van der Waals surface area contributed by atoms with Gasteiger partial charge in [0.05, 0.1) is 17.6 Å². The molecule has 3 rings (SSSR count). The van der Waals surface area contributed by atoms with Gasteiger partial charge >= 0.3 is 0 Å². The molecule has 2 aromatic heterocycles. The molecule has 6 heteroatoms. The third-order valence-electron chi connectivity index (χ3n) is 3.40. The summed E-state index contributed by atoms with van der Waals surface area (Å²) in [4.78, 5) is 8.25. The van der Waals surface area contributed by atoms with E-state index < -0.39 is 0 Å². The van der Waals surface area contributed by atoms with Crippen molar-refractivity contribution in [2.75, 3.05) is 12.3 Å². The van der Waals surface area contributed by atoms with Crippen LogP contribution < -0.4 is 11.1 Å². The number of rotatable bonds is 1. The summed E-state index contributed by atoms with van der Waals surface area (Å²) in [6.45, 7) is 3.14. The van der Waals surface area contributed by atoms with Gasteiger partial charge in [-0.15, -0.1) is 0 Å². The van der Waals surface area contributed by atoms with Crippen LogP contribution in [0.3, 0.4) is 0 Å². The maximum atomic E-state index is 5.80. The highest BCUT2D eigenvalue weighted by Crippen LogP contribution is 2.24. The van der Waals surface area contributed by atoms with Gasteiger partial charge in [0.2, 0.25) is 0 Å². The third-order valence-corrected chi connectivity index (χ3v) is 3.40. The largest absolute Gasteiger partial charge is 0.383 e. The molecule has 90 valence electrons. The molecule has 1 fully saturated rings. The summed E-state index contributed by atoms with van der Waals surface area (Å²) in [5, 5.41) is 8.70. The Morgan fingerprint density at radius 1 is 1.41 bits per heavy atom. The van der Waals surface area contributed by atoms with E-state index in [0.29, 0.717) is 17.9 Å². The van der Waals surface area contributed by atoms with Crippen molar-refractivity contribution >= 4 is 16.9 Å². The Labute approximate surface area is 99.2 Å². The number of hydrogen-bond donors (Lipinski definition) is 2. The van der Waals surface area contributed by atoms with Gasteiger partial charge in [-0.1, -0.05) is 0 Å². The zero-order valence-electron chi connectivity index (χ0n) is 9.80. The van der Waals surface area contributed by atoms with Crippen LogP contribution in [-0.2, 0) is 0 Å². The van der Waals surface area contributed by atoms with E-state index in [-0.39, 0.29) is 0 Å². The Morgan fingerprint density at radius 3 is 3.06 bits per heavy atom. The van der Waals surface area contributed by atoms with Crippen molar-refractivity contribution in [1.29, 1.82) is 0 Å². The predicted molar refractivity (Wildman–Crippen MR) is 65.5 cm³/mol. The molecule has 6 nitrogen and oxygen atoms in total. The number of fused-ring (bicyclic) bond motifs is 1. The number of nitrogen functional groups attached to an aromatic ring is 1. The Bertz CT molecular complexity index is 526. The minimum atomic E-state index is 0.359. The Kier molecular flexibility index (Phi) is 2.44. The lowest BCUT2D eigenvalue weighted by Crippen LogP contribution is -2.38. The predicted octanol–water partition coefficient (Wildman–Crippen LogP) is 0.722. The van der Waals surface area contributed by atoms with Crippen molar-refractivity contribution in [3.05, 3.63) is 12.5 Å². The zero-order chi connectivity index (χ0) is 11.8. The number of piperidine rings is 1. The Hall–Kier alpha value is -1.69. The molecule has 3 N–H and O–H groups in total. The fourth-order valence-corrected chi connectivity index (χ4v) is 2.34. The summed E-state index contributed by atoms with van der Waals surface area (Å²) in [6.07, 6.45) is 5.53. The molecule has 2 atom stereocenters. The average Bonchev–Trinajstić information content (AvgIpc) is 2.75. The van der Waals surface area contributed by atoms with Gasteiger partial charge in [0.1, 0.15) is 12.1 Å². The van der Waals surface area contributed by atoms with E-state index in [4.69, 9.17) is 5.73 Å². The lowest BCUT2D eigenvalue weighted by atomic mass is 10.0. The van der Waals surface area contributed by atoms with Crippen molar-refractivity contribution < 1.29 is 0 Å². The van der Waals surface area contributed by atoms with Crippen LogP contribution in [0.25, 0.3) is 11.0 Å². The molecule has 0 saturated carbocycles. The van der Waals surface area contributed by atoms with E-state index in [1.807, 2.05) is 4.68 Å². The minimum absolute atomic E-state index is 0.359. The lowest BCUT2D eigenvalue weighted by Gasteiger charge is -2.27. The van der Waals surface area contributed by atoms with Crippen molar-refractivity contribution in [1.82, 2.24) is 25.1 Å². The number of hydrogen-bond acceptors (Lipinski definition) is 5. The third kappa shape index (κ3) is 1.74. The molecule has 0 aromatic carbocycles. The summed E-state index contributed by atoms with van der Waals surface area (Å²) in [6, 6.07) is 0.950. The van der Waals surface area contributed by atoms with Crippen molar-refractivity contribution in [3.63, 3.8) is 0 Å². The van der Waals surface area contributed by atoms with Crippen LogP contribution in [0, 0.1) is 0 Å². The van der Waals surface area contributed by atoms with E-state index in [1.165, 1.54) is 6.33 Å². The molecule has 1 aliphatic heterocycles. The standard InChI is InChI=1S/C11H16N6/c1-7-2-3-8(4-13-7)17-11-9(5-16-17)10(12)14-6-15-11/h5-8,13H,2-4H2,1H3,(H2,12,14,15). The normalized spacial score (nSPS) is 25.2. The van der Waals surface area contributed by atoms with Crippen LogP contribution in [0.1, 0.15) is 25.8 Å². The van der Waals surface area contributed by atoms with Gasteiger partial charge in [-0.05, 0) is 19.8 Å². The maximum Gasteiger partial charge on any atom is 0.163 e. The van der Waals surface area contributed by atoms with Gasteiger partial charge in [0.15, 0.2) is 5.65 Å². The minimum Gasteiger partial charge on any atom is -0.383 e. The molecular weight excluding hydrogens is 216 g/mol. The van der Waals surface area contributed by atoms with Crippen LogP contribution in [0.15, 0.2) is 12.5 Å². The second-order valence-corrected chi connectivity index (χ2v) is 4.63. The number of nitrogens with zero attached hydrogens (tertiary/aromatic N) is 4. The summed E-state index contributed by atoms with van der Waals surface area (Å²) >= 11 is 0. The molecule has 0 amide bonds. The molecule has 17 heavy (non-hydrogen) atoms. The van der Waals surface area contributed by atoms with E-state index in [9.17, 15) is 0 Å². The Balaban J connectivity index is 1.98. The van der Waals surface area contributed by atoms with Gasteiger partial charge in [0, 0.05) is 12.6 Å². The van der Waals surface area contributed by atoms with Crippen LogP contribution in [0.4, 0.5) is 5.82 Å². The van der Waals surface area contributed by atoms with Gasteiger partial charge in [-0.3, -0.25) is 0 Å². The maximum absolute atomic E-state index is 5.80. The molecule has 0 radical (unpaired) electrons. The summed E-state index contributed by atoms with van der Waals surface area (Å²) in [5.74, 6) is 0.499. The highest BCUT2D eigenvalue weighted by molar-refractivity contribution is 5.84. The van der Waals surface area contributed by atoms with E-state index in [0.717, 1.165) is 30.4 Å². The lowest BCUT2D eigenvalue weighted by molar-refractivity contribution is 0.308. The number of nitrogens with one attached hydrogen (secondary N) is 1. The highest BCUT2D eigenvalue weighted by Gasteiger charge is 2.21. The fraction of sp³-hybridized carbons (Fsp3) is 0.545. The first-order chi connectivity index (χ1) is 8.25. The molecular formula is C11H16N6. The highest BCUT2D eigenvalue weighted by atomic mass is 15.3. The van der Waals surface area contributed by atoms with Gasteiger partial charge in [-0.2, -0.15) is 5.10 Å². The molecule has 2 aromatic rings. The number of nitrogens with two attached hydrogens (primary N) is 1. The zero-order valence-corrected chi connectivity index (χ0v) is 9.80. The molecule has 0 bridgehead atoms. The molecule has 0 spiro atoms. The molecule has 3 heterocycles. The quantitative estimate of drug-likeness (QED) is 0.757. The summed E-state index contributed by atoms with van der Waals surface area (Å²) in [7, 11) is 0. The number of aromatic nitrogens is 4. The topological polar surface area (TPSA) is 81.7 Å². The van der Waals surface area contributed by atoms with Gasteiger partial charge in [0.25, 0.3) is 0 Å². The molecule has 1 saturated heterocycles. The van der Waals surface area contributed by atoms with Gasteiger partial charge in [-0.25, -0.2) is 14.6 Å². The van der Waals surface area contributed by atoms with Gasteiger partial charge < -0.3 is 11.1 Å². The Morgan fingerprint density at radius 2 is 2.29 bits per heavy atom. The number of anilines is 1. The van der Waals surface area contributed by atoms with Crippen molar-refractivity contribution in [3.8, 4) is 0 Å². The second-order valence-electron chi connectivity index (χ2n) is 4.63. The smallest absolute Gasteiger partial charge is 0.163 e. The first kappa shape index (κ1) is 10.5.